The molecule has 4 nitrogen and oxygen atoms in total. The molecule has 0 aliphatic heterocycles. The van der Waals surface area contributed by atoms with Gasteiger partial charge in [0.15, 0.2) is 0 Å². The summed E-state index contributed by atoms with van der Waals surface area (Å²) in [5, 5.41) is 6.79. The molecule has 26 heavy (non-hydrogen) atoms. The fourth-order valence-electron chi connectivity index (χ4n) is 2.45. The van der Waals surface area contributed by atoms with E-state index in [1.807, 2.05) is 41.8 Å². The number of nitrogens with zero attached hydrogens (tertiary/aromatic N) is 3. The van der Waals surface area contributed by atoms with Gasteiger partial charge in [-0.15, -0.1) is 10.2 Å². The molecule has 0 fully saturated rings. The number of rotatable bonds is 6. The summed E-state index contributed by atoms with van der Waals surface area (Å²) in [6, 6.07) is 12.3. The van der Waals surface area contributed by atoms with Gasteiger partial charge in [0.05, 0.1) is 6.54 Å². The van der Waals surface area contributed by atoms with Crippen molar-refractivity contribution in [1.29, 1.82) is 0 Å². The molecule has 0 saturated heterocycles. The van der Waals surface area contributed by atoms with E-state index in [0.717, 1.165) is 11.3 Å². The summed E-state index contributed by atoms with van der Waals surface area (Å²) in [4.78, 5) is 0. The molecule has 1 heterocycles. The van der Waals surface area contributed by atoms with E-state index in [1.54, 1.807) is 12.1 Å². The van der Waals surface area contributed by atoms with Gasteiger partial charge in [0, 0.05) is 23.1 Å². The minimum Gasteiger partial charge on any atom is -0.415 e. The van der Waals surface area contributed by atoms with Crippen LogP contribution in [-0.2, 0) is 6.54 Å². The highest BCUT2D eigenvalue weighted by molar-refractivity contribution is 7.99. The summed E-state index contributed by atoms with van der Waals surface area (Å²) in [5.74, 6) is -1.38. The molecule has 3 rings (SSSR count). The van der Waals surface area contributed by atoms with Crippen LogP contribution in [0.3, 0.4) is 0 Å². The van der Waals surface area contributed by atoms with Gasteiger partial charge in [-0.25, -0.2) is 4.39 Å². The Hall–Kier alpha value is -2.48. The molecule has 0 amide bonds. The molecule has 1 aromatic heterocycles. The molecule has 0 bridgehead atoms. The lowest BCUT2D eigenvalue weighted by Crippen LogP contribution is -2.14. The van der Waals surface area contributed by atoms with Gasteiger partial charge < -0.3 is 8.72 Å². The number of alkyl halides is 2. The minimum atomic E-state index is -2.86. The molecule has 0 aliphatic rings. The van der Waals surface area contributed by atoms with E-state index >= 15 is 0 Å². The molecule has 0 radical (unpaired) electrons. The Morgan fingerprint density at radius 1 is 1.15 bits per heavy atom. The Labute approximate surface area is 153 Å². The highest BCUT2D eigenvalue weighted by atomic mass is 32.2. The molecule has 3 aromatic rings. The lowest BCUT2D eigenvalue weighted by Gasteiger charge is -2.22. The average molecular weight is 379 g/mol. The zero-order valence-electron chi connectivity index (χ0n) is 14.1. The van der Waals surface area contributed by atoms with Gasteiger partial charge >= 0.3 is 6.43 Å². The maximum atomic E-state index is 14.5. The average Bonchev–Trinajstić information content (AvgIpc) is 3.11. The number of aromatic nitrogens is 2. The fraction of sp³-hybridized carbons (Fsp3) is 0.222. The topological polar surface area (TPSA) is 42.2 Å². The summed E-state index contributed by atoms with van der Waals surface area (Å²) in [7, 11) is 0. The molecule has 0 atom stereocenters. The van der Waals surface area contributed by atoms with Crippen LogP contribution in [0.25, 0.3) is 11.5 Å². The summed E-state index contributed by atoms with van der Waals surface area (Å²) in [6.45, 7) is 2.35. The Morgan fingerprint density at radius 2 is 1.96 bits per heavy atom. The Kier molecular flexibility index (Phi) is 5.51. The predicted molar refractivity (Wildman–Crippen MR) is 95.5 cm³/mol. The molecule has 0 N–H and O–H groups in total. The summed E-state index contributed by atoms with van der Waals surface area (Å²) in [6.07, 6.45) is -0.941. The molecule has 8 heteroatoms. The summed E-state index contributed by atoms with van der Waals surface area (Å²) < 4.78 is 46.4. The highest BCUT2D eigenvalue weighted by Crippen LogP contribution is 2.28. The number of aryl methyl sites for hydroxylation is 1. The van der Waals surface area contributed by atoms with Crippen LogP contribution in [-0.4, -0.2) is 16.5 Å². The maximum Gasteiger partial charge on any atom is 0.314 e. The first-order valence-electron chi connectivity index (χ1n) is 7.76. The summed E-state index contributed by atoms with van der Waals surface area (Å²) in [5.41, 5.74) is 2.82. The van der Waals surface area contributed by atoms with Crippen LogP contribution >= 0.6 is 11.9 Å². The smallest absolute Gasteiger partial charge is 0.314 e. The fourth-order valence-corrected chi connectivity index (χ4v) is 3.04. The minimum absolute atomic E-state index is 0.133. The maximum absolute atomic E-state index is 14.5. The van der Waals surface area contributed by atoms with Crippen molar-refractivity contribution in [3.05, 3.63) is 65.3 Å². The monoisotopic (exact) mass is 379 g/mol. The zero-order chi connectivity index (χ0) is 18.7. The van der Waals surface area contributed by atoms with Crippen LogP contribution in [0.1, 0.15) is 23.4 Å². The van der Waals surface area contributed by atoms with E-state index < -0.39 is 18.1 Å². The largest absolute Gasteiger partial charge is 0.415 e. The lowest BCUT2D eigenvalue weighted by molar-refractivity contribution is 0.116. The van der Waals surface area contributed by atoms with Gasteiger partial charge in [0.1, 0.15) is 5.82 Å². The third-order valence-corrected chi connectivity index (χ3v) is 4.53. The number of halogens is 3. The molecule has 0 spiro atoms. The Balaban J connectivity index is 1.82. The molecular formula is C18H16F3N3OS. The second kappa shape index (κ2) is 7.82. The van der Waals surface area contributed by atoms with Crippen LogP contribution in [0.15, 0.2) is 46.9 Å². The Morgan fingerprint density at radius 3 is 2.58 bits per heavy atom. The van der Waals surface area contributed by atoms with Crippen molar-refractivity contribution in [2.24, 2.45) is 0 Å². The predicted octanol–water partition coefficient (Wildman–Crippen LogP) is 5.41. The van der Waals surface area contributed by atoms with Gasteiger partial charge in [-0.2, -0.15) is 8.78 Å². The Bertz CT molecular complexity index is 901. The van der Waals surface area contributed by atoms with Crippen molar-refractivity contribution >= 4 is 17.6 Å². The van der Waals surface area contributed by atoms with Gasteiger partial charge in [-0.3, -0.25) is 0 Å². The third kappa shape index (κ3) is 4.01. The zero-order valence-corrected chi connectivity index (χ0v) is 14.9. The van der Waals surface area contributed by atoms with Gasteiger partial charge in [0.2, 0.25) is 5.89 Å². The molecule has 0 aliphatic carbocycles. The van der Waals surface area contributed by atoms with E-state index in [9.17, 15) is 13.2 Å². The van der Waals surface area contributed by atoms with Gasteiger partial charge in [-0.05, 0) is 36.8 Å². The van der Waals surface area contributed by atoms with E-state index in [4.69, 9.17) is 4.42 Å². The van der Waals surface area contributed by atoms with E-state index in [2.05, 4.69) is 10.2 Å². The first-order valence-corrected chi connectivity index (χ1v) is 8.94. The number of hydrogen-bond acceptors (Lipinski definition) is 5. The van der Waals surface area contributed by atoms with Gasteiger partial charge in [-0.1, -0.05) is 30.1 Å². The van der Waals surface area contributed by atoms with Crippen molar-refractivity contribution < 1.29 is 17.6 Å². The van der Waals surface area contributed by atoms with Crippen LogP contribution in [0.2, 0.25) is 0 Å². The number of benzene rings is 2. The van der Waals surface area contributed by atoms with Crippen LogP contribution in [0.4, 0.5) is 18.9 Å². The first-order chi connectivity index (χ1) is 12.5. The standard InChI is InChI=1S/C18H16F3N3OS/c1-11-4-3-5-14(8-11)24(26-2)10-13-7-6-12(9-15(13)19)17-22-23-18(25-17)16(20)21/h3-9,16H,10H2,1-2H3. The van der Waals surface area contributed by atoms with Crippen molar-refractivity contribution in [2.45, 2.75) is 19.9 Å². The van der Waals surface area contributed by atoms with Crippen molar-refractivity contribution in [2.75, 3.05) is 10.6 Å². The van der Waals surface area contributed by atoms with E-state index in [-0.39, 0.29) is 11.5 Å². The normalized spacial score (nSPS) is 11.2. The van der Waals surface area contributed by atoms with E-state index in [0.29, 0.717) is 12.1 Å². The molecule has 0 saturated carbocycles. The second-order valence-corrected chi connectivity index (χ2v) is 6.42. The van der Waals surface area contributed by atoms with Crippen molar-refractivity contribution in [3.63, 3.8) is 0 Å². The summed E-state index contributed by atoms with van der Waals surface area (Å²) >= 11 is 1.48. The van der Waals surface area contributed by atoms with E-state index in [1.165, 1.54) is 18.0 Å². The highest BCUT2D eigenvalue weighted by Gasteiger charge is 2.18. The van der Waals surface area contributed by atoms with Crippen LogP contribution in [0, 0.1) is 12.7 Å². The van der Waals surface area contributed by atoms with Crippen LogP contribution < -0.4 is 4.31 Å². The third-order valence-electron chi connectivity index (χ3n) is 3.75. The van der Waals surface area contributed by atoms with Crippen molar-refractivity contribution in [3.8, 4) is 11.5 Å². The quantitative estimate of drug-likeness (QED) is 0.536. The number of hydrogen-bond donors (Lipinski definition) is 0. The lowest BCUT2D eigenvalue weighted by atomic mass is 10.1. The second-order valence-electron chi connectivity index (χ2n) is 5.61. The van der Waals surface area contributed by atoms with Gasteiger partial charge in [0.25, 0.3) is 5.89 Å². The first kappa shape index (κ1) is 18.3. The molecule has 2 aromatic carbocycles. The molecule has 0 unspecified atom stereocenters. The van der Waals surface area contributed by atoms with Crippen LogP contribution in [0.5, 0.6) is 0 Å². The number of anilines is 1. The molecular weight excluding hydrogens is 363 g/mol. The molecule has 136 valence electrons. The van der Waals surface area contributed by atoms with Crippen molar-refractivity contribution in [1.82, 2.24) is 10.2 Å². The SMILES string of the molecule is CSN(Cc1ccc(-c2nnc(C(F)F)o2)cc1F)c1cccc(C)c1.